The number of hydrogen-bond acceptors (Lipinski definition) is 0. The highest BCUT2D eigenvalue weighted by atomic mass is 14.8. The van der Waals surface area contributed by atoms with Crippen LogP contribution in [0, 0.1) is 0 Å². The molecule has 0 radical (unpaired) electrons. The van der Waals surface area contributed by atoms with Gasteiger partial charge in [-0.1, -0.05) is 36.4 Å². The molecule has 2 heteroatoms. The van der Waals surface area contributed by atoms with Gasteiger partial charge in [0.15, 0.2) is 0 Å². The first kappa shape index (κ1) is 8.64. The van der Waals surface area contributed by atoms with Gasteiger partial charge in [0.2, 0.25) is 0 Å². The molecule has 0 bridgehead atoms. The number of rotatable bonds is 0. The Morgan fingerprint density at radius 2 is 1.75 bits per heavy atom. The van der Waals surface area contributed by atoms with Crippen LogP contribution in [0.15, 0.2) is 42.5 Å². The van der Waals surface area contributed by atoms with Crippen molar-refractivity contribution in [1.82, 2.24) is 9.97 Å². The van der Waals surface area contributed by atoms with Gasteiger partial charge in [-0.15, -0.1) is 0 Å². The van der Waals surface area contributed by atoms with E-state index in [9.17, 15) is 0 Å². The Labute approximate surface area is 118 Å². The van der Waals surface area contributed by atoms with Crippen molar-refractivity contribution in [3.8, 4) is 0 Å². The summed E-state index contributed by atoms with van der Waals surface area (Å²) in [7, 11) is 0. The van der Waals surface area contributed by atoms with Crippen LogP contribution in [0.5, 0.6) is 0 Å². The molecule has 2 nitrogen and oxygen atoms in total. The highest BCUT2D eigenvalue weighted by molar-refractivity contribution is 6.16. The van der Waals surface area contributed by atoms with Crippen molar-refractivity contribution in [1.29, 1.82) is 0 Å². The summed E-state index contributed by atoms with van der Waals surface area (Å²) in [5, 5.41) is 3.35. The molecule has 20 heavy (non-hydrogen) atoms. The Balaban J connectivity index is 1.99. The lowest BCUT2D eigenvalue weighted by Gasteiger charge is -2.03. The molecule has 0 saturated carbocycles. The fraction of sp³-hybridized carbons (Fsp3) is 0.111. The minimum absolute atomic E-state index is 0.428. The van der Waals surface area contributed by atoms with Gasteiger partial charge in [0.05, 0.1) is 11.0 Å². The molecule has 1 aliphatic carbocycles. The molecule has 1 aliphatic rings. The summed E-state index contributed by atoms with van der Waals surface area (Å²) in [6.07, 6.45) is 3.00. The fourth-order valence-electron chi connectivity index (χ4n) is 3.25. The third kappa shape index (κ3) is 1.19. The molecular weight excluding hydrogens is 244 g/mol. The molecule has 2 aromatic carbocycles. The molecule has 5 rings (SSSR count). The molecular formula is C18H14N2. The van der Waals surface area contributed by atoms with Crippen LogP contribution in [-0.4, -0.2) is 9.97 Å². The topological polar surface area (TPSA) is 31.6 Å². The first-order valence-electron chi connectivity index (χ1n) is 7.87. The third-order valence-electron chi connectivity index (χ3n) is 4.16. The Morgan fingerprint density at radius 1 is 0.900 bits per heavy atom. The smallest absolute Gasteiger partial charge is 0.0710 e. The first-order valence-corrected chi connectivity index (χ1v) is 6.87. The second-order valence-electron chi connectivity index (χ2n) is 5.28. The van der Waals surface area contributed by atoms with Gasteiger partial charge in [0, 0.05) is 30.1 Å². The largest absolute Gasteiger partial charge is 0.353 e. The van der Waals surface area contributed by atoms with Gasteiger partial charge in [0.1, 0.15) is 0 Å². The number of allylic oxidation sites excluding steroid dienone is 1. The van der Waals surface area contributed by atoms with Crippen molar-refractivity contribution in [2.45, 2.75) is 12.8 Å². The molecule has 96 valence electrons. The van der Waals surface area contributed by atoms with Crippen molar-refractivity contribution in [2.24, 2.45) is 0 Å². The lowest BCUT2D eigenvalue weighted by Crippen LogP contribution is -1.89. The van der Waals surface area contributed by atoms with Crippen LogP contribution in [0.25, 0.3) is 38.8 Å². The predicted octanol–water partition coefficient (Wildman–Crippen LogP) is 4.76. The van der Waals surface area contributed by atoms with Crippen molar-refractivity contribution < 1.29 is 2.74 Å². The summed E-state index contributed by atoms with van der Waals surface area (Å²) in [4.78, 5) is 6.90. The van der Waals surface area contributed by atoms with Crippen molar-refractivity contribution in [3.63, 3.8) is 0 Å². The van der Waals surface area contributed by atoms with E-state index in [1.54, 1.807) is 0 Å². The molecule has 2 aromatic heterocycles. The van der Waals surface area contributed by atoms with Gasteiger partial charge in [-0.2, -0.15) is 0 Å². The number of aromatic nitrogens is 2. The summed E-state index contributed by atoms with van der Waals surface area (Å²) in [5.74, 6) is 0. The number of nitrogens with one attached hydrogen (secondary N) is 2. The predicted molar refractivity (Wildman–Crippen MR) is 85.0 cm³/mol. The number of aromatic amines is 2. The van der Waals surface area contributed by atoms with E-state index in [4.69, 9.17) is 2.74 Å². The molecule has 0 fully saturated rings. The number of H-pyrrole nitrogens is 2. The van der Waals surface area contributed by atoms with Crippen LogP contribution >= 0.6 is 0 Å². The molecule has 4 aromatic rings. The highest BCUT2D eigenvalue weighted by Crippen LogP contribution is 2.35. The second-order valence-corrected chi connectivity index (χ2v) is 5.28. The van der Waals surface area contributed by atoms with Crippen LogP contribution in [0.4, 0.5) is 0 Å². The quantitative estimate of drug-likeness (QED) is 0.457. The number of fused-ring (bicyclic) bond motifs is 7. The van der Waals surface area contributed by atoms with Crippen LogP contribution in [0.3, 0.4) is 0 Å². The average Bonchev–Trinajstić information content (AvgIpc) is 3.05. The third-order valence-corrected chi connectivity index (χ3v) is 4.16. The van der Waals surface area contributed by atoms with E-state index >= 15 is 0 Å². The number of para-hydroxylation sites is 1. The van der Waals surface area contributed by atoms with Crippen LogP contribution in [-0.2, 0) is 6.37 Å². The van der Waals surface area contributed by atoms with Gasteiger partial charge >= 0.3 is 0 Å². The molecule has 2 heterocycles. The molecule has 0 aliphatic heterocycles. The lowest BCUT2D eigenvalue weighted by molar-refractivity contribution is 0.992. The van der Waals surface area contributed by atoms with E-state index in [-0.39, 0.29) is 0 Å². The van der Waals surface area contributed by atoms with Crippen LogP contribution in [0.1, 0.15) is 20.4 Å². The van der Waals surface area contributed by atoms with Crippen LogP contribution in [0.2, 0.25) is 0 Å². The number of benzene rings is 2. The Hall–Kier alpha value is -2.48. The van der Waals surface area contributed by atoms with E-state index < -0.39 is 6.37 Å². The van der Waals surface area contributed by atoms with E-state index in [1.807, 2.05) is 30.4 Å². The Bertz CT molecular complexity index is 1080. The Morgan fingerprint density at radius 3 is 2.75 bits per heavy atom. The molecule has 0 amide bonds. The second kappa shape index (κ2) is 3.54. The summed E-state index contributed by atoms with van der Waals surface area (Å²) < 4.78 is 16.6. The van der Waals surface area contributed by atoms with Crippen LogP contribution < -0.4 is 0 Å². The minimum atomic E-state index is -1.32. The summed E-state index contributed by atoms with van der Waals surface area (Å²) >= 11 is 0. The fourth-order valence-corrected chi connectivity index (χ4v) is 3.25. The van der Waals surface area contributed by atoms with Crippen molar-refractivity contribution in [2.75, 3.05) is 0 Å². The summed E-state index contributed by atoms with van der Waals surface area (Å²) in [6, 6.07) is 12.4. The standard InChI is InChI=1S/C18H14N2/c1-3-7-15-11(5-1)13-9-10-14-12-6-2-4-8-16(12)20-18(14)17(13)19-15/h1,3-5,7-10,19-20H,2,6H2/i6D2. The van der Waals surface area contributed by atoms with Gasteiger partial charge < -0.3 is 9.97 Å². The van der Waals surface area contributed by atoms with E-state index in [0.29, 0.717) is 6.42 Å². The molecule has 0 unspecified atom stereocenters. The zero-order valence-corrected chi connectivity index (χ0v) is 10.8. The lowest BCUT2D eigenvalue weighted by atomic mass is 10.0. The zero-order chi connectivity index (χ0) is 14.9. The zero-order valence-electron chi connectivity index (χ0n) is 12.8. The number of aryl methyl sites for hydroxylation is 1. The van der Waals surface area contributed by atoms with E-state index in [2.05, 4.69) is 28.2 Å². The molecule has 0 spiro atoms. The Kier molecular flexibility index (Phi) is 1.53. The summed E-state index contributed by atoms with van der Waals surface area (Å²) in [6.45, 7) is 0. The summed E-state index contributed by atoms with van der Waals surface area (Å²) in [5.41, 5.74) is 4.82. The van der Waals surface area contributed by atoms with E-state index in [0.717, 1.165) is 33.2 Å². The van der Waals surface area contributed by atoms with Gasteiger partial charge in [-0.25, -0.2) is 0 Å². The van der Waals surface area contributed by atoms with Gasteiger partial charge in [-0.3, -0.25) is 0 Å². The van der Waals surface area contributed by atoms with Crippen molar-refractivity contribution >= 4 is 38.8 Å². The minimum Gasteiger partial charge on any atom is -0.353 e. The molecule has 0 saturated heterocycles. The monoisotopic (exact) mass is 260 g/mol. The maximum Gasteiger partial charge on any atom is 0.0710 e. The maximum absolute atomic E-state index is 8.31. The van der Waals surface area contributed by atoms with Gasteiger partial charge in [-0.05, 0) is 30.5 Å². The number of hydrogen-bond donors (Lipinski definition) is 2. The normalized spacial score (nSPS) is 18.4. The molecule has 0 atom stereocenters. The maximum atomic E-state index is 8.31. The average molecular weight is 260 g/mol. The highest BCUT2D eigenvalue weighted by Gasteiger charge is 2.15. The van der Waals surface area contributed by atoms with Crippen molar-refractivity contribution in [3.05, 3.63) is 53.7 Å². The van der Waals surface area contributed by atoms with E-state index in [1.165, 1.54) is 10.8 Å². The van der Waals surface area contributed by atoms with Gasteiger partial charge in [0.25, 0.3) is 0 Å². The SMILES string of the molecule is [2H]C1([2H])CC=Cc2[nH]c3c(ccc4c5ccccc5[nH]c43)c21. The first-order chi connectivity index (χ1) is 10.6. The molecule has 2 N–H and O–H groups in total.